The molecule has 0 radical (unpaired) electrons. The maximum atomic E-state index is 11.6. The summed E-state index contributed by atoms with van der Waals surface area (Å²) in [6, 6.07) is 8.85. The Morgan fingerprint density at radius 2 is 1.95 bits per heavy atom. The summed E-state index contributed by atoms with van der Waals surface area (Å²) in [5, 5.41) is 3.47. The summed E-state index contributed by atoms with van der Waals surface area (Å²) < 4.78 is 0. The minimum Gasteiger partial charge on any atom is -0.369 e. The molecule has 0 aromatic heterocycles. The second kappa shape index (κ2) is 5.33. The van der Waals surface area contributed by atoms with Crippen LogP contribution in [0.2, 0.25) is 0 Å². The van der Waals surface area contributed by atoms with Crippen LogP contribution in [0.15, 0.2) is 24.3 Å². The third-order valence-electron chi connectivity index (χ3n) is 4.67. The van der Waals surface area contributed by atoms with Crippen LogP contribution in [-0.4, -0.2) is 12.5 Å². The van der Waals surface area contributed by atoms with Gasteiger partial charge in [0.2, 0.25) is 5.91 Å². The van der Waals surface area contributed by atoms with E-state index in [4.69, 9.17) is 5.73 Å². The smallest absolute Gasteiger partial charge is 0.222 e. The summed E-state index contributed by atoms with van der Waals surface area (Å²) in [7, 11) is 0. The Bertz CT molecular complexity index is 468. The zero-order valence-corrected chi connectivity index (χ0v) is 11.3. The Hall–Kier alpha value is -1.35. The fourth-order valence-electron chi connectivity index (χ4n) is 3.29. The van der Waals surface area contributed by atoms with Gasteiger partial charge in [-0.3, -0.25) is 4.79 Å². The molecule has 1 heterocycles. The third kappa shape index (κ3) is 2.52. The lowest BCUT2D eigenvalue weighted by atomic mass is 9.78. The van der Waals surface area contributed by atoms with E-state index in [1.807, 2.05) is 0 Å². The Kier molecular flexibility index (Phi) is 3.56. The van der Waals surface area contributed by atoms with Crippen LogP contribution < -0.4 is 11.1 Å². The average Bonchev–Trinajstić information content (AvgIpc) is 2.37. The monoisotopic (exact) mass is 258 g/mol. The van der Waals surface area contributed by atoms with Gasteiger partial charge in [0.05, 0.1) is 5.92 Å². The summed E-state index contributed by atoms with van der Waals surface area (Å²) in [4.78, 5) is 11.6. The van der Waals surface area contributed by atoms with Gasteiger partial charge in [0, 0.05) is 6.04 Å². The highest BCUT2D eigenvalue weighted by molar-refractivity contribution is 5.77. The van der Waals surface area contributed by atoms with Crippen LogP contribution in [-0.2, 0) is 4.79 Å². The molecule has 0 bridgehead atoms. The number of primary amides is 1. The largest absolute Gasteiger partial charge is 0.369 e. The zero-order chi connectivity index (χ0) is 13.2. The van der Waals surface area contributed by atoms with Crippen molar-refractivity contribution in [2.24, 2.45) is 11.7 Å². The topological polar surface area (TPSA) is 55.1 Å². The molecule has 1 saturated heterocycles. The van der Waals surface area contributed by atoms with Crippen molar-refractivity contribution < 1.29 is 4.79 Å². The number of carbonyl (C=O) groups excluding carboxylic acids is 1. The van der Waals surface area contributed by atoms with Gasteiger partial charge in [0.15, 0.2) is 0 Å². The number of benzene rings is 1. The number of hydrogen-bond donors (Lipinski definition) is 2. The summed E-state index contributed by atoms with van der Waals surface area (Å²) in [6.45, 7) is 0.974. The van der Waals surface area contributed by atoms with Gasteiger partial charge in [-0.05, 0) is 49.3 Å². The van der Waals surface area contributed by atoms with Gasteiger partial charge in [-0.15, -0.1) is 0 Å². The second-order valence-corrected chi connectivity index (χ2v) is 5.88. The Balaban J connectivity index is 1.84. The molecule has 2 aliphatic rings. The Morgan fingerprint density at radius 3 is 2.63 bits per heavy atom. The van der Waals surface area contributed by atoms with Crippen LogP contribution in [0.25, 0.3) is 0 Å². The summed E-state index contributed by atoms with van der Waals surface area (Å²) in [5.74, 6) is 0.493. The third-order valence-corrected chi connectivity index (χ3v) is 4.67. The number of nitrogens with two attached hydrogens (primary N) is 1. The first-order valence-corrected chi connectivity index (χ1v) is 7.38. The molecule has 2 unspecified atom stereocenters. The SMILES string of the molecule is NC(=O)C1CCCNC1c1cccc(C2CCC2)c1. The quantitative estimate of drug-likeness (QED) is 0.875. The van der Waals surface area contributed by atoms with E-state index >= 15 is 0 Å². The lowest BCUT2D eigenvalue weighted by Gasteiger charge is -2.32. The molecule has 3 N–H and O–H groups in total. The van der Waals surface area contributed by atoms with Crippen LogP contribution in [0.3, 0.4) is 0 Å². The second-order valence-electron chi connectivity index (χ2n) is 5.88. The van der Waals surface area contributed by atoms with E-state index in [2.05, 4.69) is 29.6 Å². The molecule has 1 saturated carbocycles. The van der Waals surface area contributed by atoms with Crippen molar-refractivity contribution in [1.82, 2.24) is 5.32 Å². The first-order chi connectivity index (χ1) is 9.25. The Morgan fingerprint density at radius 1 is 1.16 bits per heavy atom. The molecule has 1 aliphatic carbocycles. The fourth-order valence-corrected chi connectivity index (χ4v) is 3.29. The molecule has 3 heteroatoms. The Labute approximate surface area is 114 Å². The summed E-state index contributed by atoms with van der Waals surface area (Å²) in [6.07, 6.45) is 5.90. The van der Waals surface area contributed by atoms with Crippen molar-refractivity contribution in [3.63, 3.8) is 0 Å². The maximum absolute atomic E-state index is 11.6. The van der Waals surface area contributed by atoms with Crippen molar-refractivity contribution in [3.8, 4) is 0 Å². The number of hydrogen-bond acceptors (Lipinski definition) is 2. The van der Waals surface area contributed by atoms with Crippen molar-refractivity contribution >= 4 is 5.91 Å². The summed E-state index contributed by atoms with van der Waals surface area (Å²) >= 11 is 0. The van der Waals surface area contributed by atoms with Crippen molar-refractivity contribution in [1.29, 1.82) is 0 Å². The van der Waals surface area contributed by atoms with E-state index in [1.54, 1.807) is 0 Å². The summed E-state index contributed by atoms with van der Waals surface area (Å²) in [5.41, 5.74) is 8.21. The molecule has 1 aromatic rings. The van der Waals surface area contributed by atoms with E-state index in [-0.39, 0.29) is 17.9 Å². The van der Waals surface area contributed by atoms with Crippen LogP contribution in [0, 0.1) is 5.92 Å². The molecule has 1 amide bonds. The molecule has 102 valence electrons. The first kappa shape index (κ1) is 12.7. The fraction of sp³-hybridized carbons (Fsp3) is 0.562. The van der Waals surface area contributed by atoms with Gasteiger partial charge in [0.1, 0.15) is 0 Å². The number of carbonyl (C=O) groups is 1. The highest BCUT2D eigenvalue weighted by Crippen LogP contribution is 2.38. The molecule has 1 aliphatic heterocycles. The predicted octanol–water partition coefficient (Wildman–Crippen LogP) is 2.48. The average molecular weight is 258 g/mol. The van der Waals surface area contributed by atoms with E-state index in [0.717, 1.165) is 25.3 Å². The number of amides is 1. The van der Waals surface area contributed by atoms with Crippen molar-refractivity contribution in [2.75, 3.05) is 6.54 Å². The highest BCUT2D eigenvalue weighted by atomic mass is 16.1. The van der Waals surface area contributed by atoms with E-state index < -0.39 is 0 Å². The van der Waals surface area contributed by atoms with E-state index in [0.29, 0.717) is 0 Å². The minimum atomic E-state index is -0.175. The van der Waals surface area contributed by atoms with Gasteiger partial charge in [-0.2, -0.15) is 0 Å². The molecule has 0 spiro atoms. The van der Waals surface area contributed by atoms with E-state index in [9.17, 15) is 4.79 Å². The van der Waals surface area contributed by atoms with Crippen LogP contribution in [0.5, 0.6) is 0 Å². The minimum absolute atomic E-state index is 0.0645. The number of nitrogens with one attached hydrogen (secondary N) is 1. The van der Waals surface area contributed by atoms with Crippen LogP contribution >= 0.6 is 0 Å². The van der Waals surface area contributed by atoms with Crippen molar-refractivity contribution in [3.05, 3.63) is 35.4 Å². The molecule has 1 aromatic carbocycles. The van der Waals surface area contributed by atoms with E-state index in [1.165, 1.54) is 30.4 Å². The first-order valence-electron chi connectivity index (χ1n) is 7.38. The zero-order valence-electron chi connectivity index (χ0n) is 11.3. The normalized spacial score (nSPS) is 27.8. The molecule has 3 rings (SSSR count). The molecule has 2 atom stereocenters. The van der Waals surface area contributed by atoms with Gasteiger partial charge in [-0.1, -0.05) is 30.7 Å². The van der Waals surface area contributed by atoms with Gasteiger partial charge >= 0.3 is 0 Å². The van der Waals surface area contributed by atoms with Crippen LogP contribution in [0.1, 0.15) is 55.2 Å². The molecule has 2 fully saturated rings. The predicted molar refractivity (Wildman–Crippen MR) is 75.7 cm³/mol. The molecular formula is C16H22N2O. The van der Waals surface area contributed by atoms with Gasteiger partial charge in [0.25, 0.3) is 0 Å². The number of rotatable bonds is 3. The van der Waals surface area contributed by atoms with Crippen molar-refractivity contribution in [2.45, 2.75) is 44.1 Å². The van der Waals surface area contributed by atoms with Gasteiger partial charge < -0.3 is 11.1 Å². The lowest BCUT2D eigenvalue weighted by molar-refractivity contribution is -0.123. The van der Waals surface area contributed by atoms with Crippen LogP contribution in [0.4, 0.5) is 0 Å². The molecule has 3 nitrogen and oxygen atoms in total. The maximum Gasteiger partial charge on any atom is 0.222 e. The molecular weight excluding hydrogens is 236 g/mol. The lowest BCUT2D eigenvalue weighted by Crippen LogP contribution is -2.41. The molecule has 19 heavy (non-hydrogen) atoms. The highest BCUT2D eigenvalue weighted by Gasteiger charge is 2.30. The van der Waals surface area contributed by atoms with Gasteiger partial charge in [-0.25, -0.2) is 0 Å². The number of piperidine rings is 1. The standard InChI is InChI=1S/C16H22N2O/c17-16(19)14-8-3-9-18-15(14)13-7-2-6-12(10-13)11-4-1-5-11/h2,6-7,10-11,14-15,18H,1,3-5,8-9H2,(H2,17,19).